The van der Waals surface area contributed by atoms with E-state index in [9.17, 15) is 9.59 Å². The Bertz CT molecular complexity index is 984. The molecule has 1 atom stereocenters. The maximum Gasteiger partial charge on any atom is 0.336 e. The molecule has 144 valence electrons. The van der Waals surface area contributed by atoms with Gasteiger partial charge in [0.15, 0.2) is 5.78 Å². The first-order chi connectivity index (χ1) is 13.6. The number of ether oxygens (including phenoxy) is 1. The van der Waals surface area contributed by atoms with Gasteiger partial charge in [0.05, 0.1) is 18.1 Å². The lowest BCUT2D eigenvalue weighted by Gasteiger charge is -2.33. The van der Waals surface area contributed by atoms with Gasteiger partial charge in [0.1, 0.15) is 0 Å². The highest BCUT2D eigenvalue weighted by Crippen LogP contribution is 2.45. The number of carbonyl (C=O) groups is 2. The number of hydrogen-bond donors (Lipinski definition) is 1. The van der Waals surface area contributed by atoms with Gasteiger partial charge in [-0.2, -0.15) is 0 Å². The predicted octanol–water partition coefficient (Wildman–Crippen LogP) is 4.95. The van der Waals surface area contributed by atoms with Crippen LogP contribution in [0.25, 0.3) is 10.4 Å². The van der Waals surface area contributed by atoms with Gasteiger partial charge in [0.2, 0.25) is 0 Å². The Kier molecular flexibility index (Phi) is 5.18. The molecule has 1 aromatic carbocycles. The first-order valence-corrected chi connectivity index (χ1v) is 10.5. The van der Waals surface area contributed by atoms with Crippen LogP contribution in [0, 0.1) is 0 Å². The molecule has 2 aromatic rings. The van der Waals surface area contributed by atoms with Gasteiger partial charge in [-0.15, -0.1) is 11.3 Å². The Hall–Kier alpha value is -2.66. The van der Waals surface area contributed by atoms with Crippen molar-refractivity contribution >= 4 is 23.1 Å². The van der Waals surface area contributed by atoms with E-state index in [1.54, 1.807) is 18.3 Å². The number of dihydropyridines is 1. The summed E-state index contributed by atoms with van der Waals surface area (Å²) >= 11 is 1.64. The second-order valence-electron chi connectivity index (χ2n) is 7.05. The van der Waals surface area contributed by atoms with E-state index in [1.807, 2.05) is 31.2 Å². The number of carbonyl (C=O) groups excluding carboxylic acids is 2. The van der Waals surface area contributed by atoms with Crippen LogP contribution in [0.2, 0.25) is 0 Å². The molecule has 4 nitrogen and oxygen atoms in total. The maximum atomic E-state index is 12.9. The average Bonchev–Trinajstić information content (AvgIpc) is 3.18. The Labute approximate surface area is 168 Å². The van der Waals surface area contributed by atoms with E-state index in [2.05, 4.69) is 23.5 Å². The number of allylic oxidation sites excluding steroid dienone is 3. The number of thiophene rings is 1. The molecule has 5 heteroatoms. The van der Waals surface area contributed by atoms with Gasteiger partial charge in [0, 0.05) is 33.1 Å². The van der Waals surface area contributed by atoms with Crippen LogP contribution in [-0.4, -0.2) is 18.4 Å². The Morgan fingerprint density at radius 1 is 1.18 bits per heavy atom. The molecule has 0 bridgehead atoms. The van der Waals surface area contributed by atoms with Crippen molar-refractivity contribution in [1.29, 1.82) is 0 Å². The lowest BCUT2D eigenvalue weighted by molar-refractivity contribution is -0.138. The van der Waals surface area contributed by atoms with Crippen molar-refractivity contribution < 1.29 is 14.3 Å². The van der Waals surface area contributed by atoms with Gasteiger partial charge < -0.3 is 10.1 Å². The van der Waals surface area contributed by atoms with E-state index in [0.29, 0.717) is 18.6 Å². The highest BCUT2D eigenvalue weighted by atomic mass is 32.1. The molecule has 2 heterocycles. The molecule has 1 unspecified atom stereocenters. The molecule has 0 saturated carbocycles. The smallest absolute Gasteiger partial charge is 0.336 e. The molecule has 0 fully saturated rings. The van der Waals surface area contributed by atoms with Gasteiger partial charge in [-0.25, -0.2) is 4.79 Å². The zero-order valence-corrected chi connectivity index (χ0v) is 16.9. The van der Waals surface area contributed by atoms with E-state index in [1.165, 1.54) is 0 Å². The molecule has 1 aromatic heterocycles. The molecule has 1 aliphatic heterocycles. The number of esters is 1. The van der Waals surface area contributed by atoms with Crippen LogP contribution in [0.15, 0.2) is 65.0 Å². The number of hydrogen-bond acceptors (Lipinski definition) is 5. The number of Topliss-reactive ketones (excluding diaryl/α,β-unsaturated/α-hetero) is 1. The second kappa shape index (κ2) is 7.76. The molecule has 0 amide bonds. The number of benzene rings is 1. The Balaban J connectivity index is 1.82. The number of rotatable bonds is 4. The molecule has 2 aliphatic rings. The summed E-state index contributed by atoms with van der Waals surface area (Å²) in [5.74, 6) is -0.578. The predicted molar refractivity (Wildman–Crippen MR) is 111 cm³/mol. The minimum absolute atomic E-state index is 0.128. The van der Waals surface area contributed by atoms with E-state index in [4.69, 9.17) is 4.74 Å². The summed E-state index contributed by atoms with van der Waals surface area (Å²) in [6, 6.07) is 14.3. The van der Waals surface area contributed by atoms with Crippen molar-refractivity contribution in [2.75, 3.05) is 6.61 Å². The molecule has 0 radical (unpaired) electrons. The Morgan fingerprint density at radius 2 is 1.96 bits per heavy atom. The standard InChI is InChI=1S/C23H23NO3S/c1-3-27-23(26)20-14(2)24-16-10-7-11-17(25)21(16)22(20)19-13-12-18(28-19)15-8-5-4-6-9-15/h4-6,8-9,12-13,22,24H,3,7,10-11H2,1-2H3. The van der Waals surface area contributed by atoms with Crippen LogP contribution >= 0.6 is 11.3 Å². The molecule has 0 saturated heterocycles. The molecule has 28 heavy (non-hydrogen) atoms. The van der Waals surface area contributed by atoms with Crippen LogP contribution < -0.4 is 5.32 Å². The fraction of sp³-hybridized carbons (Fsp3) is 0.304. The Morgan fingerprint density at radius 3 is 2.71 bits per heavy atom. The van der Waals surface area contributed by atoms with Gasteiger partial charge >= 0.3 is 5.97 Å². The van der Waals surface area contributed by atoms with Crippen LogP contribution in [0.4, 0.5) is 0 Å². The minimum atomic E-state index is -0.356. The van der Waals surface area contributed by atoms with Gasteiger partial charge in [-0.3, -0.25) is 4.79 Å². The lowest BCUT2D eigenvalue weighted by Crippen LogP contribution is -2.34. The monoisotopic (exact) mass is 393 g/mol. The molecular weight excluding hydrogens is 370 g/mol. The molecule has 1 N–H and O–H groups in total. The third kappa shape index (κ3) is 3.31. The highest BCUT2D eigenvalue weighted by Gasteiger charge is 2.39. The van der Waals surface area contributed by atoms with Gasteiger partial charge in [-0.1, -0.05) is 30.3 Å². The van der Waals surface area contributed by atoms with Crippen molar-refractivity contribution in [3.05, 3.63) is 69.9 Å². The van der Waals surface area contributed by atoms with Crippen molar-refractivity contribution in [3.8, 4) is 10.4 Å². The van der Waals surface area contributed by atoms with Crippen molar-refractivity contribution in [3.63, 3.8) is 0 Å². The summed E-state index contributed by atoms with van der Waals surface area (Å²) < 4.78 is 5.34. The van der Waals surface area contributed by atoms with Crippen molar-refractivity contribution in [2.24, 2.45) is 0 Å². The molecule has 0 spiro atoms. The fourth-order valence-corrected chi connectivity index (χ4v) is 5.15. The lowest BCUT2D eigenvalue weighted by atomic mass is 9.78. The van der Waals surface area contributed by atoms with Gasteiger partial charge in [-0.05, 0) is 44.4 Å². The summed E-state index contributed by atoms with van der Waals surface area (Å²) in [6.45, 7) is 4.00. The molecule has 4 rings (SSSR count). The summed E-state index contributed by atoms with van der Waals surface area (Å²) in [4.78, 5) is 27.8. The molecular formula is C23H23NO3S. The van der Waals surface area contributed by atoms with E-state index in [-0.39, 0.29) is 17.7 Å². The van der Waals surface area contributed by atoms with E-state index >= 15 is 0 Å². The van der Waals surface area contributed by atoms with Crippen LogP contribution in [0.1, 0.15) is 43.9 Å². The molecule has 1 aliphatic carbocycles. The van der Waals surface area contributed by atoms with Crippen molar-refractivity contribution in [1.82, 2.24) is 5.32 Å². The SMILES string of the molecule is CCOC(=O)C1=C(C)NC2=C(C(=O)CCC2)C1c1ccc(-c2ccccc2)s1. The van der Waals surface area contributed by atoms with E-state index in [0.717, 1.165) is 45.1 Å². The first-order valence-electron chi connectivity index (χ1n) is 9.66. The van der Waals surface area contributed by atoms with Gasteiger partial charge in [0.25, 0.3) is 0 Å². The zero-order chi connectivity index (χ0) is 19.7. The van der Waals surface area contributed by atoms with Crippen LogP contribution in [0.3, 0.4) is 0 Å². The quantitative estimate of drug-likeness (QED) is 0.747. The van der Waals surface area contributed by atoms with Crippen LogP contribution in [-0.2, 0) is 14.3 Å². The summed E-state index contributed by atoms with van der Waals surface area (Å²) in [5.41, 5.74) is 4.17. The second-order valence-corrected chi connectivity index (χ2v) is 8.17. The van der Waals surface area contributed by atoms with E-state index < -0.39 is 0 Å². The first kappa shape index (κ1) is 18.7. The highest BCUT2D eigenvalue weighted by molar-refractivity contribution is 7.15. The zero-order valence-electron chi connectivity index (χ0n) is 16.1. The third-order valence-corrected chi connectivity index (χ3v) is 6.44. The number of nitrogens with one attached hydrogen (secondary N) is 1. The fourth-order valence-electron chi connectivity index (χ4n) is 4.01. The third-order valence-electron chi connectivity index (χ3n) is 5.24. The number of ketones is 1. The van der Waals surface area contributed by atoms with Crippen molar-refractivity contribution in [2.45, 2.75) is 39.0 Å². The summed E-state index contributed by atoms with van der Waals surface area (Å²) in [7, 11) is 0. The maximum absolute atomic E-state index is 12.9. The summed E-state index contributed by atoms with van der Waals surface area (Å²) in [6.07, 6.45) is 2.21. The van der Waals surface area contributed by atoms with Crippen LogP contribution in [0.5, 0.6) is 0 Å². The topological polar surface area (TPSA) is 55.4 Å². The summed E-state index contributed by atoms with van der Waals surface area (Å²) in [5, 5.41) is 3.32. The largest absolute Gasteiger partial charge is 0.463 e. The minimum Gasteiger partial charge on any atom is -0.463 e. The average molecular weight is 394 g/mol. The normalized spacial score (nSPS) is 19.4.